The van der Waals surface area contributed by atoms with Gasteiger partial charge in [0.15, 0.2) is 0 Å². The minimum atomic E-state index is -0.794. The van der Waals surface area contributed by atoms with Gasteiger partial charge in [0, 0.05) is 0 Å². The quantitative estimate of drug-likeness (QED) is 0.502. The van der Waals surface area contributed by atoms with Gasteiger partial charge in [0.2, 0.25) is 0 Å². The largest absolute Gasteiger partial charge is 0.465 e. The van der Waals surface area contributed by atoms with E-state index in [1.807, 2.05) is 19.1 Å². The molecule has 0 atom stereocenters. The monoisotopic (exact) mass is 378 g/mol. The Bertz CT molecular complexity index is 975. The fraction of sp³-hybridized carbons (Fsp3) is 0.143. The Balaban J connectivity index is 1.92. The highest BCUT2D eigenvalue weighted by Crippen LogP contribution is 2.22. The van der Waals surface area contributed by atoms with Crippen molar-refractivity contribution in [1.29, 1.82) is 0 Å². The van der Waals surface area contributed by atoms with Crippen LogP contribution in [0.4, 0.5) is 10.5 Å². The van der Waals surface area contributed by atoms with Crippen LogP contribution in [0.15, 0.2) is 54.1 Å². The number of ether oxygens (including phenoxy) is 1. The van der Waals surface area contributed by atoms with Crippen molar-refractivity contribution in [3.05, 3.63) is 70.8 Å². The highest BCUT2D eigenvalue weighted by molar-refractivity contribution is 6.39. The van der Waals surface area contributed by atoms with Gasteiger partial charge < -0.3 is 4.74 Å². The standard InChI is InChI=1S/C21H18N2O5/c1-3-13-6-10-16(11-7-13)23-19(25)17(18(24)22-21(23)27)12-14-4-8-15(9-5-14)20(26)28-2/h4-12H,3H2,1-2H3,(H,22,24,27)/b17-12+. The lowest BCUT2D eigenvalue weighted by Gasteiger charge is -2.26. The smallest absolute Gasteiger partial charge is 0.337 e. The summed E-state index contributed by atoms with van der Waals surface area (Å²) >= 11 is 0. The number of nitrogens with zero attached hydrogens (tertiary/aromatic N) is 1. The average Bonchev–Trinajstić information content (AvgIpc) is 2.71. The van der Waals surface area contributed by atoms with E-state index in [1.54, 1.807) is 24.3 Å². The first-order valence-corrected chi connectivity index (χ1v) is 8.63. The number of nitrogens with one attached hydrogen (secondary N) is 1. The number of carbonyl (C=O) groups excluding carboxylic acids is 4. The number of imide groups is 2. The molecule has 142 valence electrons. The van der Waals surface area contributed by atoms with E-state index in [0.717, 1.165) is 16.9 Å². The van der Waals surface area contributed by atoms with Gasteiger partial charge >= 0.3 is 12.0 Å². The molecule has 0 spiro atoms. The molecular formula is C21H18N2O5. The Labute approximate surface area is 161 Å². The van der Waals surface area contributed by atoms with Gasteiger partial charge in [0.05, 0.1) is 18.4 Å². The van der Waals surface area contributed by atoms with Crippen molar-refractivity contribution in [2.45, 2.75) is 13.3 Å². The minimum Gasteiger partial charge on any atom is -0.465 e. The van der Waals surface area contributed by atoms with Crippen LogP contribution in [-0.2, 0) is 20.7 Å². The maximum Gasteiger partial charge on any atom is 0.337 e. The number of hydrogen-bond acceptors (Lipinski definition) is 5. The molecule has 0 bridgehead atoms. The van der Waals surface area contributed by atoms with Crippen LogP contribution in [0.3, 0.4) is 0 Å². The molecule has 1 N–H and O–H groups in total. The predicted molar refractivity (Wildman–Crippen MR) is 103 cm³/mol. The van der Waals surface area contributed by atoms with Crippen molar-refractivity contribution < 1.29 is 23.9 Å². The number of amides is 4. The van der Waals surface area contributed by atoms with Gasteiger partial charge in [-0.3, -0.25) is 14.9 Å². The number of hydrogen-bond donors (Lipinski definition) is 1. The average molecular weight is 378 g/mol. The minimum absolute atomic E-state index is 0.176. The third-order valence-electron chi connectivity index (χ3n) is 4.35. The molecule has 0 radical (unpaired) electrons. The summed E-state index contributed by atoms with van der Waals surface area (Å²) in [6.45, 7) is 2.00. The van der Waals surface area contributed by atoms with E-state index in [0.29, 0.717) is 16.8 Å². The Hall–Kier alpha value is -3.74. The Morgan fingerprint density at radius 2 is 1.68 bits per heavy atom. The van der Waals surface area contributed by atoms with Crippen LogP contribution in [0.5, 0.6) is 0 Å². The van der Waals surface area contributed by atoms with Gasteiger partial charge in [-0.2, -0.15) is 0 Å². The van der Waals surface area contributed by atoms with Gasteiger partial charge in [0.1, 0.15) is 5.57 Å². The van der Waals surface area contributed by atoms with Crippen LogP contribution in [0.25, 0.3) is 6.08 Å². The highest BCUT2D eigenvalue weighted by atomic mass is 16.5. The van der Waals surface area contributed by atoms with E-state index >= 15 is 0 Å². The molecule has 28 heavy (non-hydrogen) atoms. The zero-order valence-corrected chi connectivity index (χ0v) is 15.4. The van der Waals surface area contributed by atoms with Crippen molar-refractivity contribution in [2.75, 3.05) is 12.0 Å². The number of barbiturate groups is 1. The molecule has 1 aliphatic heterocycles. The number of esters is 1. The van der Waals surface area contributed by atoms with Gasteiger partial charge in [-0.25, -0.2) is 14.5 Å². The molecule has 0 saturated carbocycles. The number of rotatable bonds is 4. The maximum absolute atomic E-state index is 12.8. The number of benzene rings is 2. The Kier molecular flexibility index (Phi) is 5.35. The molecule has 2 aromatic carbocycles. The van der Waals surface area contributed by atoms with Crippen LogP contribution in [0, 0.1) is 0 Å². The van der Waals surface area contributed by atoms with Crippen LogP contribution in [0.1, 0.15) is 28.4 Å². The summed E-state index contributed by atoms with van der Waals surface area (Å²) in [5.74, 6) is -1.97. The summed E-state index contributed by atoms with van der Waals surface area (Å²) in [4.78, 5) is 49.7. The second-order valence-electron chi connectivity index (χ2n) is 6.09. The molecule has 1 aliphatic rings. The number of urea groups is 1. The van der Waals surface area contributed by atoms with Gasteiger partial charge in [-0.1, -0.05) is 31.2 Å². The normalized spacial score (nSPS) is 15.6. The molecule has 7 nitrogen and oxygen atoms in total. The molecular weight excluding hydrogens is 360 g/mol. The first kappa shape index (κ1) is 19.0. The van der Waals surface area contributed by atoms with E-state index in [2.05, 4.69) is 10.1 Å². The van der Waals surface area contributed by atoms with Crippen molar-refractivity contribution >= 4 is 35.6 Å². The summed E-state index contributed by atoms with van der Waals surface area (Å²) in [5.41, 5.74) is 2.13. The molecule has 3 rings (SSSR count). The first-order valence-electron chi connectivity index (χ1n) is 8.63. The van der Waals surface area contributed by atoms with Gasteiger partial charge in [0.25, 0.3) is 11.8 Å². The molecule has 0 aromatic heterocycles. The van der Waals surface area contributed by atoms with E-state index < -0.39 is 23.8 Å². The van der Waals surface area contributed by atoms with Crippen LogP contribution < -0.4 is 10.2 Å². The van der Waals surface area contributed by atoms with E-state index in [4.69, 9.17) is 0 Å². The summed E-state index contributed by atoms with van der Waals surface area (Å²) < 4.78 is 4.63. The number of methoxy groups -OCH3 is 1. The van der Waals surface area contributed by atoms with Gasteiger partial charge in [-0.05, 0) is 47.9 Å². The summed E-state index contributed by atoms with van der Waals surface area (Å²) in [7, 11) is 1.28. The van der Waals surface area contributed by atoms with E-state index in [-0.39, 0.29) is 5.57 Å². The summed E-state index contributed by atoms with van der Waals surface area (Å²) in [6.07, 6.45) is 2.20. The lowest BCUT2D eigenvalue weighted by atomic mass is 10.0. The number of carbonyl (C=O) groups is 4. The van der Waals surface area contributed by atoms with Crippen LogP contribution in [-0.4, -0.2) is 30.9 Å². The second kappa shape index (κ2) is 7.87. The zero-order valence-electron chi connectivity index (χ0n) is 15.4. The third kappa shape index (κ3) is 3.68. The molecule has 1 heterocycles. The molecule has 0 aliphatic carbocycles. The first-order chi connectivity index (χ1) is 13.4. The Morgan fingerprint density at radius 1 is 1.04 bits per heavy atom. The molecule has 4 amide bonds. The van der Waals surface area contributed by atoms with Gasteiger partial charge in [-0.15, -0.1) is 0 Å². The second-order valence-corrected chi connectivity index (χ2v) is 6.09. The Morgan fingerprint density at radius 3 is 2.25 bits per heavy atom. The van der Waals surface area contributed by atoms with E-state index in [1.165, 1.54) is 25.3 Å². The maximum atomic E-state index is 12.8. The highest BCUT2D eigenvalue weighted by Gasteiger charge is 2.36. The molecule has 0 unspecified atom stereocenters. The lowest BCUT2D eigenvalue weighted by Crippen LogP contribution is -2.54. The van der Waals surface area contributed by atoms with Crippen molar-refractivity contribution in [1.82, 2.24) is 5.32 Å². The summed E-state index contributed by atoms with van der Waals surface area (Å²) in [5, 5.41) is 2.18. The third-order valence-corrected chi connectivity index (χ3v) is 4.35. The van der Waals surface area contributed by atoms with Crippen molar-refractivity contribution in [2.24, 2.45) is 0 Å². The fourth-order valence-electron chi connectivity index (χ4n) is 2.77. The molecule has 7 heteroatoms. The lowest BCUT2D eigenvalue weighted by molar-refractivity contribution is -0.122. The predicted octanol–water partition coefficient (Wildman–Crippen LogP) is 2.70. The zero-order chi connectivity index (χ0) is 20.3. The summed E-state index contributed by atoms with van der Waals surface area (Å²) in [6, 6.07) is 12.4. The molecule has 1 fully saturated rings. The van der Waals surface area contributed by atoms with E-state index in [9.17, 15) is 19.2 Å². The van der Waals surface area contributed by atoms with Crippen LogP contribution in [0.2, 0.25) is 0 Å². The number of aryl methyl sites for hydroxylation is 1. The molecule has 2 aromatic rings. The van der Waals surface area contributed by atoms with Crippen LogP contribution >= 0.6 is 0 Å². The SMILES string of the molecule is CCc1ccc(N2C(=O)NC(=O)/C(=C\c3ccc(C(=O)OC)cc3)C2=O)cc1. The fourth-order valence-corrected chi connectivity index (χ4v) is 2.77. The van der Waals surface area contributed by atoms with Crippen molar-refractivity contribution in [3.8, 4) is 0 Å². The number of anilines is 1. The van der Waals surface area contributed by atoms with Crippen molar-refractivity contribution in [3.63, 3.8) is 0 Å². The topological polar surface area (TPSA) is 92.8 Å². The molecule has 1 saturated heterocycles.